The first-order valence-corrected chi connectivity index (χ1v) is 7.60. The van der Waals surface area contributed by atoms with E-state index in [1.807, 2.05) is 36.4 Å². The number of hydrogen-bond acceptors (Lipinski definition) is 1. The molecule has 0 saturated heterocycles. The number of nitrogens with one attached hydrogen (secondary N) is 1. The van der Waals surface area contributed by atoms with E-state index in [4.69, 9.17) is 34.8 Å². The number of hydrogen-bond donors (Lipinski definition) is 1. The molecule has 0 fully saturated rings. The first kappa shape index (κ1) is 15.7. The van der Waals surface area contributed by atoms with Crippen LogP contribution in [0.5, 0.6) is 0 Å². The van der Waals surface area contributed by atoms with Crippen molar-refractivity contribution in [1.29, 1.82) is 0 Å². The molecular formula is C16H16Cl3N. The van der Waals surface area contributed by atoms with E-state index < -0.39 is 0 Å². The van der Waals surface area contributed by atoms with Crippen molar-refractivity contribution in [3.05, 3.63) is 68.7 Å². The minimum Gasteiger partial charge on any atom is -0.310 e. The van der Waals surface area contributed by atoms with Crippen molar-refractivity contribution < 1.29 is 0 Å². The van der Waals surface area contributed by atoms with Gasteiger partial charge in [0, 0.05) is 27.7 Å². The van der Waals surface area contributed by atoms with Crippen molar-refractivity contribution in [1.82, 2.24) is 5.32 Å². The Bertz CT molecular complexity index is 584. The maximum absolute atomic E-state index is 6.17. The Labute approximate surface area is 134 Å². The molecule has 2 aromatic rings. The molecule has 1 nitrogen and oxygen atoms in total. The van der Waals surface area contributed by atoms with Crippen molar-refractivity contribution in [2.45, 2.75) is 25.9 Å². The largest absolute Gasteiger partial charge is 0.310 e. The molecular weight excluding hydrogens is 313 g/mol. The highest BCUT2D eigenvalue weighted by Crippen LogP contribution is 2.21. The summed E-state index contributed by atoms with van der Waals surface area (Å²) in [5.74, 6) is 0. The summed E-state index contributed by atoms with van der Waals surface area (Å²) in [7, 11) is 0. The van der Waals surface area contributed by atoms with E-state index >= 15 is 0 Å². The summed E-state index contributed by atoms with van der Waals surface area (Å²) in [4.78, 5) is 0. The second-order valence-corrected chi connectivity index (χ2v) is 6.06. The van der Waals surface area contributed by atoms with Crippen LogP contribution < -0.4 is 5.32 Å². The van der Waals surface area contributed by atoms with Gasteiger partial charge < -0.3 is 5.32 Å². The molecule has 0 spiro atoms. The van der Waals surface area contributed by atoms with Crippen LogP contribution in [0.4, 0.5) is 0 Å². The predicted octanol–water partition coefficient (Wildman–Crippen LogP) is 5.37. The third-order valence-corrected chi connectivity index (χ3v) is 4.11. The molecule has 4 heteroatoms. The van der Waals surface area contributed by atoms with Gasteiger partial charge in [0.2, 0.25) is 0 Å². The summed E-state index contributed by atoms with van der Waals surface area (Å²) in [5.41, 5.74) is 2.15. The van der Waals surface area contributed by atoms with Gasteiger partial charge >= 0.3 is 0 Å². The standard InChI is InChI=1S/C16H16Cl3N/c1-11(8-12-4-2-3-5-15(12)18)20-10-13-9-14(17)6-7-16(13)19/h2-7,9,11,20H,8,10H2,1H3. The first-order chi connectivity index (χ1) is 9.56. The molecule has 1 unspecified atom stereocenters. The zero-order valence-electron chi connectivity index (χ0n) is 11.2. The van der Waals surface area contributed by atoms with Crippen LogP contribution in [-0.2, 0) is 13.0 Å². The molecule has 0 aromatic heterocycles. The third kappa shape index (κ3) is 4.39. The molecule has 0 heterocycles. The van der Waals surface area contributed by atoms with Crippen molar-refractivity contribution in [2.75, 3.05) is 0 Å². The lowest BCUT2D eigenvalue weighted by Gasteiger charge is -2.15. The molecule has 0 aliphatic heterocycles. The fourth-order valence-electron chi connectivity index (χ4n) is 2.03. The van der Waals surface area contributed by atoms with E-state index in [0.29, 0.717) is 17.6 Å². The predicted molar refractivity (Wildman–Crippen MR) is 87.9 cm³/mol. The Balaban J connectivity index is 1.94. The van der Waals surface area contributed by atoms with E-state index in [0.717, 1.165) is 27.6 Å². The van der Waals surface area contributed by atoms with Crippen molar-refractivity contribution in [3.63, 3.8) is 0 Å². The lowest BCUT2D eigenvalue weighted by molar-refractivity contribution is 0.545. The van der Waals surface area contributed by atoms with Crippen LogP contribution in [0.3, 0.4) is 0 Å². The Morgan fingerprint density at radius 3 is 2.40 bits per heavy atom. The molecule has 1 N–H and O–H groups in total. The average molecular weight is 329 g/mol. The van der Waals surface area contributed by atoms with Gasteiger partial charge in [-0.3, -0.25) is 0 Å². The number of rotatable bonds is 5. The molecule has 0 saturated carbocycles. The van der Waals surface area contributed by atoms with Crippen molar-refractivity contribution in [3.8, 4) is 0 Å². The molecule has 0 radical (unpaired) electrons. The third-order valence-electron chi connectivity index (χ3n) is 3.13. The van der Waals surface area contributed by atoms with Gasteiger partial charge in [-0.2, -0.15) is 0 Å². The topological polar surface area (TPSA) is 12.0 Å². The summed E-state index contributed by atoms with van der Waals surface area (Å²) in [6, 6.07) is 13.7. The van der Waals surface area contributed by atoms with Gasteiger partial charge in [-0.15, -0.1) is 0 Å². The first-order valence-electron chi connectivity index (χ1n) is 6.47. The zero-order valence-corrected chi connectivity index (χ0v) is 13.4. The SMILES string of the molecule is CC(Cc1ccccc1Cl)NCc1cc(Cl)ccc1Cl. The highest BCUT2D eigenvalue weighted by Gasteiger charge is 2.07. The van der Waals surface area contributed by atoms with Gasteiger partial charge in [-0.05, 0) is 48.7 Å². The molecule has 0 aliphatic carbocycles. The quantitative estimate of drug-likeness (QED) is 0.778. The Hall–Kier alpha value is -0.730. The van der Waals surface area contributed by atoms with Crippen LogP contribution in [0.2, 0.25) is 15.1 Å². The highest BCUT2D eigenvalue weighted by atomic mass is 35.5. The summed E-state index contributed by atoms with van der Waals surface area (Å²) < 4.78 is 0. The minimum absolute atomic E-state index is 0.296. The smallest absolute Gasteiger partial charge is 0.0451 e. The van der Waals surface area contributed by atoms with Crippen molar-refractivity contribution in [2.24, 2.45) is 0 Å². The highest BCUT2D eigenvalue weighted by molar-refractivity contribution is 6.33. The maximum Gasteiger partial charge on any atom is 0.0451 e. The monoisotopic (exact) mass is 327 g/mol. The Morgan fingerprint density at radius 1 is 0.950 bits per heavy atom. The number of halogens is 3. The molecule has 2 aromatic carbocycles. The van der Waals surface area contributed by atoms with E-state index in [-0.39, 0.29) is 0 Å². The summed E-state index contributed by atoms with van der Waals surface area (Å²) in [6.07, 6.45) is 0.873. The molecule has 0 bridgehead atoms. The summed E-state index contributed by atoms with van der Waals surface area (Å²) in [6.45, 7) is 2.81. The van der Waals surface area contributed by atoms with Gasteiger partial charge in [-0.1, -0.05) is 53.0 Å². The van der Waals surface area contributed by atoms with Crippen LogP contribution in [-0.4, -0.2) is 6.04 Å². The summed E-state index contributed by atoms with van der Waals surface area (Å²) >= 11 is 18.3. The summed E-state index contributed by atoms with van der Waals surface area (Å²) in [5, 5.41) is 5.68. The molecule has 2 rings (SSSR count). The molecule has 0 aliphatic rings. The van der Waals surface area contributed by atoms with E-state index in [1.165, 1.54) is 0 Å². The Kier molecular flexibility index (Phi) is 5.74. The molecule has 0 amide bonds. The van der Waals surface area contributed by atoms with Crippen LogP contribution in [0, 0.1) is 0 Å². The van der Waals surface area contributed by atoms with Crippen LogP contribution >= 0.6 is 34.8 Å². The average Bonchev–Trinajstić information content (AvgIpc) is 2.42. The second kappa shape index (κ2) is 7.33. The molecule has 20 heavy (non-hydrogen) atoms. The fourth-order valence-corrected chi connectivity index (χ4v) is 2.62. The van der Waals surface area contributed by atoms with E-state index in [9.17, 15) is 0 Å². The van der Waals surface area contributed by atoms with E-state index in [1.54, 1.807) is 6.07 Å². The minimum atomic E-state index is 0.296. The maximum atomic E-state index is 6.17. The fraction of sp³-hybridized carbons (Fsp3) is 0.250. The zero-order chi connectivity index (χ0) is 14.5. The van der Waals surface area contributed by atoms with E-state index in [2.05, 4.69) is 12.2 Å². The van der Waals surface area contributed by atoms with Crippen molar-refractivity contribution >= 4 is 34.8 Å². The van der Waals surface area contributed by atoms with Crippen LogP contribution in [0.25, 0.3) is 0 Å². The van der Waals surface area contributed by atoms with Crippen LogP contribution in [0.15, 0.2) is 42.5 Å². The number of benzene rings is 2. The lowest BCUT2D eigenvalue weighted by Crippen LogP contribution is -2.27. The second-order valence-electron chi connectivity index (χ2n) is 4.81. The lowest BCUT2D eigenvalue weighted by atomic mass is 10.1. The van der Waals surface area contributed by atoms with Gasteiger partial charge in [-0.25, -0.2) is 0 Å². The molecule has 1 atom stereocenters. The normalized spacial score (nSPS) is 12.4. The van der Waals surface area contributed by atoms with Crippen LogP contribution in [0.1, 0.15) is 18.1 Å². The molecule has 106 valence electrons. The van der Waals surface area contributed by atoms with Gasteiger partial charge in [0.1, 0.15) is 0 Å². The Morgan fingerprint density at radius 2 is 1.65 bits per heavy atom. The van der Waals surface area contributed by atoms with Gasteiger partial charge in [0.05, 0.1) is 0 Å². The van der Waals surface area contributed by atoms with Gasteiger partial charge in [0.25, 0.3) is 0 Å². The van der Waals surface area contributed by atoms with Gasteiger partial charge in [0.15, 0.2) is 0 Å².